The first-order chi connectivity index (χ1) is 9.59. The minimum Gasteiger partial charge on any atom is -0.465 e. The molecule has 118 valence electrons. The normalized spacial score (nSPS) is 12.1. The van der Waals surface area contributed by atoms with Gasteiger partial charge in [0.15, 0.2) is 0 Å². The molecule has 0 fully saturated rings. The molecule has 2 N–H and O–H groups in total. The molecule has 0 heterocycles. The second-order valence-corrected chi connectivity index (χ2v) is 5.47. The van der Waals surface area contributed by atoms with Gasteiger partial charge in [0.05, 0.1) is 6.61 Å². The van der Waals surface area contributed by atoms with Gasteiger partial charge < -0.3 is 10.5 Å². The third-order valence-corrected chi connectivity index (χ3v) is 3.52. The fourth-order valence-electron chi connectivity index (χ4n) is 2.00. The molecule has 0 saturated heterocycles. The summed E-state index contributed by atoms with van der Waals surface area (Å²) in [5, 5.41) is 0. The Hall–Kier alpha value is -1.06. The van der Waals surface area contributed by atoms with Crippen LogP contribution in [0.5, 0.6) is 0 Å². The topological polar surface area (TPSA) is 69.4 Å². The van der Waals surface area contributed by atoms with E-state index in [1.165, 1.54) is 58.3 Å². The third kappa shape index (κ3) is 10.8. The lowest BCUT2D eigenvalue weighted by Gasteiger charge is -2.08. The number of ether oxygens (including phenoxy) is 1. The van der Waals surface area contributed by atoms with E-state index in [2.05, 4.69) is 6.92 Å². The van der Waals surface area contributed by atoms with Crippen LogP contribution in [-0.4, -0.2) is 18.5 Å². The van der Waals surface area contributed by atoms with Gasteiger partial charge >= 0.3 is 5.97 Å². The highest BCUT2D eigenvalue weighted by molar-refractivity contribution is 5.96. The highest BCUT2D eigenvalue weighted by Gasteiger charge is 2.19. The second-order valence-electron chi connectivity index (χ2n) is 5.47. The van der Waals surface area contributed by atoms with E-state index in [4.69, 9.17) is 10.5 Å². The van der Waals surface area contributed by atoms with Gasteiger partial charge in [-0.15, -0.1) is 0 Å². The minimum absolute atomic E-state index is 0.396. The van der Waals surface area contributed by atoms with Gasteiger partial charge in [0.25, 0.3) is 0 Å². The average molecular weight is 285 g/mol. The van der Waals surface area contributed by atoms with Crippen LogP contribution in [0.15, 0.2) is 0 Å². The van der Waals surface area contributed by atoms with Gasteiger partial charge in [-0.3, -0.25) is 9.59 Å². The quantitative estimate of drug-likeness (QED) is 0.319. The molecule has 1 unspecified atom stereocenters. The largest absolute Gasteiger partial charge is 0.465 e. The van der Waals surface area contributed by atoms with Crippen molar-refractivity contribution in [2.75, 3.05) is 6.61 Å². The molecular formula is C16H31NO3. The molecule has 1 amide bonds. The number of carbonyl (C=O) groups is 2. The van der Waals surface area contributed by atoms with Gasteiger partial charge in [-0.2, -0.15) is 0 Å². The second kappa shape index (κ2) is 12.9. The number of esters is 1. The summed E-state index contributed by atoms with van der Waals surface area (Å²) >= 11 is 0. The summed E-state index contributed by atoms with van der Waals surface area (Å²) in [4.78, 5) is 22.1. The molecule has 0 aliphatic rings. The fourth-order valence-corrected chi connectivity index (χ4v) is 2.00. The van der Waals surface area contributed by atoms with Crippen LogP contribution in [0.1, 0.15) is 78.1 Å². The summed E-state index contributed by atoms with van der Waals surface area (Å²) in [7, 11) is 0. The van der Waals surface area contributed by atoms with Crippen molar-refractivity contribution in [3.8, 4) is 0 Å². The Bertz CT molecular complexity index is 266. The number of hydrogen-bond donors (Lipinski definition) is 1. The van der Waals surface area contributed by atoms with Crippen LogP contribution in [0.4, 0.5) is 0 Å². The molecule has 0 aliphatic heterocycles. The maximum Gasteiger partial charge on any atom is 0.318 e. The Kier molecular flexibility index (Phi) is 12.3. The van der Waals surface area contributed by atoms with Gasteiger partial charge in [-0.25, -0.2) is 0 Å². The fraction of sp³-hybridized carbons (Fsp3) is 0.875. The first kappa shape index (κ1) is 18.9. The van der Waals surface area contributed by atoms with E-state index in [0.717, 1.165) is 12.8 Å². The van der Waals surface area contributed by atoms with E-state index in [1.807, 2.05) is 0 Å². The monoisotopic (exact) mass is 285 g/mol. The van der Waals surface area contributed by atoms with E-state index >= 15 is 0 Å². The van der Waals surface area contributed by atoms with Crippen molar-refractivity contribution in [1.82, 2.24) is 0 Å². The van der Waals surface area contributed by atoms with Crippen molar-refractivity contribution in [2.45, 2.75) is 78.1 Å². The summed E-state index contributed by atoms with van der Waals surface area (Å²) in [5.74, 6) is -1.97. The number of unbranched alkanes of at least 4 members (excludes halogenated alkanes) is 9. The van der Waals surface area contributed by atoms with E-state index in [1.54, 1.807) is 0 Å². The molecule has 0 bridgehead atoms. The molecule has 0 aromatic heterocycles. The molecule has 0 aromatic carbocycles. The van der Waals surface area contributed by atoms with E-state index in [0.29, 0.717) is 6.61 Å². The number of hydrogen-bond acceptors (Lipinski definition) is 3. The summed E-state index contributed by atoms with van der Waals surface area (Å²) in [6, 6.07) is 0. The first-order valence-electron chi connectivity index (χ1n) is 8.05. The lowest BCUT2D eigenvalue weighted by molar-refractivity contribution is -0.151. The molecule has 0 aromatic rings. The Morgan fingerprint density at radius 2 is 1.35 bits per heavy atom. The van der Waals surface area contributed by atoms with Gasteiger partial charge in [-0.05, 0) is 13.3 Å². The number of carbonyl (C=O) groups excluding carboxylic acids is 2. The summed E-state index contributed by atoms with van der Waals surface area (Å²) < 4.78 is 5.00. The van der Waals surface area contributed by atoms with Crippen molar-refractivity contribution in [2.24, 2.45) is 11.7 Å². The average Bonchev–Trinajstić information content (AvgIpc) is 2.43. The van der Waals surface area contributed by atoms with E-state index < -0.39 is 17.8 Å². The van der Waals surface area contributed by atoms with Crippen molar-refractivity contribution in [3.63, 3.8) is 0 Å². The lowest BCUT2D eigenvalue weighted by atomic mass is 10.1. The van der Waals surface area contributed by atoms with Crippen LogP contribution < -0.4 is 5.73 Å². The zero-order chi connectivity index (χ0) is 15.2. The van der Waals surface area contributed by atoms with Crippen molar-refractivity contribution < 1.29 is 14.3 Å². The SMILES string of the molecule is CCCCCCCCCCCCOC(=O)C(C)C(N)=O. The van der Waals surface area contributed by atoms with Gasteiger partial charge in [0.2, 0.25) is 5.91 Å². The number of primary amides is 1. The highest BCUT2D eigenvalue weighted by Crippen LogP contribution is 2.10. The van der Waals surface area contributed by atoms with Crippen molar-refractivity contribution >= 4 is 11.9 Å². The zero-order valence-electron chi connectivity index (χ0n) is 13.2. The third-order valence-electron chi connectivity index (χ3n) is 3.52. The first-order valence-corrected chi connectivity index (χ1v) is 8.05. The Morgan fingerprint density at radius 3 is 1.80 bits per heavy atom. The molecule has 20 heavy (non-hydrogen) atoms. The summed E-state index contributed by atoms with van der Waals surface area (Å²) in [6.45, 7) is 4.10. The smallest absolute Gasteiger partial charge is 0.318 e. The van der Waals surface area contributed by atoms with Gasteiger partial charge in [0, 0.05) is 0 Å². The molecule has 0 saturated carbocycles. The Morgan fingerprint density at radius 1 is 0.900 bits per heavy atom. The van der Waals surface area contributed by atoms with Crippen LogP contribution in [0.3, 0.4) is 0 Å². The van der Waals surface area contributed by atoms with Crippen LogP contribution in [-0.2, 0) is 14.3 Å². The van der Waals surface area contributed by atoms with Crippen LogP contribution in [0, 0.1) is 5.92 Å². The molecular weight excluding hydrogens is 254 g/mol. The van der Waals surface area contributed by atoms with Crippen molar-refractivity contribution in [1.29, 1.82) is 0 Å². The molecule has 0 spiro atoms. The van der Waals surface area contributed by atoms with Crippen molar-refractivity contribution in [3.05, 3.63) is 0 Å². The highest BCUT2D eigenvalue weighted by atomic mass is 16.5. The molecule has 4 heteroatoms. The summed E-state index contributed by atoms with van der Waals surface area (Å²) in [5.41, 5.74) is 5.03. The van der Waals surface area contributed by atoms with Gasteiger partial charge in [0.1, 0.15) is 5.92 Å². The van der Waals surface area contributed by atoms with E-state index in [9.17, 15) is 9.59 Å². The Labute approximate surface area is 123 Å². The predicted molar refractivity (Wildman–Crippen MR) is 81.2 cm³/mol. The molecule has 4 nitrogen and oxygen atoms in total. The Balaban J connectivity index is 3.24. The minimum atomic E-state index is -0.835. The molecule has 0 rings (SSSR count). The number of rotatable bonds is 13. The van der Waals surface area contributed by atoms with Crippen LogP contribution >= 0.6 is 0 Å². The van der Waals surface area contributed by atoms with Crippen LogP contribution in [0.2, 0.25) is 0 Å². The van der Waals surface area contributed by atoms with Gasteiger partial charge in [-0.1, -0.05) is 64.7 Å². The standard InChI is InChI=1S/C16H31NO3/c1-3-4-5-6-7-8-9-10-11-12-13-20-16(19)14(2)15(17)18/h14H,3-13H2,1-2H3,(H2,17,18). The summed E-state index contributed by atoms with van der Waals surface area (Å²) in [6.07, 6.45) is 12.4. The van der Waals surface area contributed by atoms with E-state index in [-0.39, 0.29) is 0 Å². The maximum absolute atomic E-state index is 11.3. The lowest BCUT2D eigenvalue weighted by Crippen LogP contribution is -2.29. The maximum atomic E-state index is 11.3. The molecule has 1 atom stereocenters. The predicted octanol–water partition coefficient (Wildman–Crippen LogP) is 3.57. The van der Waals surface area contributed by atoms with Crippen LogP contribution in [0.25, 0.3) is 0 Å². The molecule has 0 aliphatic carbocycles. The number of amides is 1. The number of nitrogens with two attached hydrogens (primary N) is 1. The zero-order valence-corrected chi connectivity index (χ0v) is 13.2. The molecule has 0 radical (unpaired) electrons.